The predicted molar refractivity (Wildman–Crippen MR) is 93.1 cm³/mol. The van der Waals surface area contributed by atoms with Crippen molar-refractivity contribution in [3.8, 4) is 0 Å². The molecule has 1 aromatic rings. The average molecular weight is 366 g/mol. The van der Waals surface area contributed by atoms with Crippen molar-refractivity contribution in [2.75, 3.05) is 11.9 Å². The van der Waals surface area contributed by atoms with Crippen molar-refractivity contribution in [2.24, 2.45) is 5.92 Å². The Morgan fingerprint density at radius 2 is 2.00 bits per heavy atom. The highest BCUT2D eigenvalue weighted by molar-refractivity contribution is 5.93. The number of amides is 1. The van der Waals surface area contributed by atoms with Gasteiger partial charge in [0.05, 0.1) is 10.6 Å². The molecule has 0 atom stereocenters. The van der Waals surface area contributed by atoms with Crippen LogP contribution in [-0.2, 0) is 14.3 Å². The highest BCUT2D eigenvalue weighted by atomic mass is 19.1. The SMILES string of the molecule is O=C(COC(=O)CCCC1CCCCC1)Nc1cc([N+](=O)[O-])ccc1F. The number of anilines is 1. The van der Waals surface area contributed by atoms with E-state index in [1.165, 1.54) is 32.1 Å². The number of rotatable bonds is 8. The molecule has 0 heterocycles. The van der Waals surface area contributed by atoms with Crippen LogP contribution in [0.1, 0.15) is 51.4 Å². The number of hydrogen-bond acceptors (Lipinski definition) is 5. The third-order valence-electron chi connectivity index (χ3n) is 4.52. The van der Waals surface area contributed by atoms with Crippen LogP contribution in [-0.4, -0.2) is 23.4 Å². The number of esters is 1. The fraction of sp³-hybridized carbons (Fsp3) is 0.556. The maximum absolute atomic E-state index is 13.6. The lowest BCUT2D eigenvalue weighted by molar-refractivity contribution is -0.384. The lowest BCUT2D eigenvalue weighted by atomic mass is 9.86. The van der Waals surface area contributed by atoms with E-state index in [2.05, 4.69) is 5.32 Å². The van der Waals surface area contributed by atoms with Gasteiger partial charge in [0.1, 0.15) is 5.82 Å². The van der Waals surface area contributed by atoms with Gasteiger partial charge in [-0.2, -0.15) is 0 Å². The van der Waals surface area contributed by atoms with Gasteiger partial charge in [0.25, 0.3) is 11.6 Å². The molecule has 1 N–H and O–H groups in total. The third kappa shape index (κ3) is 6.42. The Balaban J connectivity index is 1.70. The number of ether oxygens (including phenoxy) is 1. The Labute approximate surface area is 151 Å². The minimum absolute atomic E-state index is 0.245. The molecule has 0 aromatic heterocycles. The number of non-ortho nitro benzene ring substituents is 1. The van der Waals surface area contributed by atoms with Crippen LogP contribution in [0.3, 0.4) is 0 Å². The molecule has 0 aliphatic heterocycles. The van der Waals surface area contributed by atoms with Crippen LogP contribution in [0, 0.1) is 21.8 Å². The molecule has 0 bridgehead atoms. The Kier molecular flexibility index (Phi) is 7.50. The summed E-state index contributed by atoms with van der Waals surface area (Å²) in [6.07, 6.45) is 8.18. The molecule has 0 radical (unpaired) electrons. The first-order valence-corrected chi connectivity index (χ1v) is 8.85. The second-order valence-corrected chi connectivity index (χ2v) is 6.53. The molecule has 142 valence electrons. The maximum Gasteiger partial charge on any atom is 0.306 e. The quantitative estimate of drug-likeness (QED) is 0.426. The van der Waals surface area contributed by atoms with Gasteiger partial charge in [-0.1, -0.05) is 32.1 Å². The number of benzene rings is 1. The van der Waals surface area contributed by atoms with Crippen LogP contribution in [0.5, 0.6) is 0 Å². The van der Waals surface area contributed by atoms with E-state index in [9.17, 15) is 24.1 Å². The molecular weight excluding hydrogens is 343 g/mol. The number of carbonyl (C=O) groups excluding carboxylic acids is 2. The number of hydrogen-bond donors (Lipinski definition) is 1. The molecule has 0 unspecified atom stereocenters. The van der Waals surface area contributed by atoms with Crippen molar-refractivity contribution in [3.05, 3.63) is 34.1 Å². The molecule has 2 rings (SSSR count). The number of carbonyl (C=O) groups is 2. The zero-order chi connectivity index (χ0) is 18.9. The summed E-state index contributed by atoms with van der Waals surface area (Å²) in [6, 6.07) is 2.81. The van der Waals surface area contributed by atoms with Crippen molar-refractivity contribution in [2.45, 2.75) is 51.4 Å². The molecule has 8 heteroatoms. The Morgan fingerprint density at radius 3 is 2.69 bits per heavy atom. The van der Waals surface area contributed by atoms with Crippen molar-refractivity contribution < 1.29 is 23.6 Å². The summed E-state index contributed by atoms with van der Waals surface area (Å²) >= 11 is 0. The van der Waals surface area contributed by atoms with Crippen molar-refractivity contribution in [1.29, 1.82) is 0 Å². The summed E-state index contributed by atoms with van der Waals surface area (Å²) in [5.41, 5.74) is -0.668. The molecule has 1 amide bonds. The summed E-state index contributed by atoms with van der Waals surface area (Å²) < 4.78 is 18.5. The Morgan fingerprint density at radius 1 is 1.27 bits per heavy atom. The monoisotopic (exact) mass is 366 g/mol. The highest BCUT2D eigenvalue weighted by Crippen LogP contribution is 2.27. The number of nitrogens with one attached hydrogen (secondary N) is 1. The first kappa shape index (κ1) is 19.8. The molecular formula is C18H23FN2O5. The fourth-order valence-electron chi connectivity index (χ4n) is 3.14. The third-order valence-corrected chi connectivity index (χ3v) is 4.52. The topological polar surface area (TPSA) is 98.5 Å². The molecule has 1 aliphatic rings. The largest absolute Gasteiger partial charge is 0.456 e. The summed E-state index contributed by atoms with van der Waals surface area (Å²) in [7, 11) is 0. The molecule has 1 saturated carbocycles. The van der Waals surface area contributed by atoms with Gasteiger partial charge in [0, 0.05) is 18.6 Å². The summed E-state index contributed by atoms with van der Waals surface area (Å²) in [5.74, 6) is -1.35. The van der Waals surface area contributed by atoms with Crippen LogP contribution in [0.25, 0.3) is 0 Å². The smallest absolute Gasteiger partial charge is 0.306 e. The zero-order valence-electron chi connectivity index (χ0n) is 14.5. The lowest BCUT2D eigenvalue weighted by Crippen LogP contribution is -2.21. The van der Waals surface area contributed by atoms with E-state index in [4.69, 9.17) is 4.74 Å². The number of nitro benzene ring substituents is 1. The summed E-state index contributed by atoms with van der Waals surface area (Å²) in [5, 5.41) is 12.9. The summed E-state index contributed by atoms with van der Waals surface area (Å²) in [4.78, 5) is 33.4. The van der Waals surface area contributed by atoms with E-state index in [1.807, 2.05) is 0 Å². The second kappa shape index (κ2) is 9.84. The van der Waals surface area contributed by atoms with Gasteiger partial charge in [0.15, 0.2) is 6.61 Å². The fourth-order valence-corrected chi connectivity index (χ4v) is 3.14. The van der Waals surface area contributed by atoms with E-state index >= 15 is 0 Å². The van der Waals surface area contributed by atoms with Gasteiger partial charge in [0.2, 0.25) is 0 Å². The minimum Gasteiger partial charge on any atom is -0.456 e. The van der Waals surface area contributed by atoms with Gasteiger partial charge >= 0.3 is 5.97 Å². The number of nitrogens with zero attached hydrogens (tertiary/aromatic N) is 1. The first-order chi connectivity index (χ1) is 12.5. The number of halogens is 1. The van der Waals surface area contributed by atoms with Gasteiger partial charge in [-0.05, 0) is 24.8 Å². The molecule has 7 nitrogen and oxygen atoms in total. The van der Waals surface area contributed by atoms with Gasteiger partial charge in [-0.3, -0.25) is 19.7 Å². The normalized spacial score (nSPS) is 14.7. The molecule has 26 heavy (non-hydrogen) atoms. The molecule has 0 spiro atoms. The van der Waals surface area contributed by atoms with Crippen molar-refractivity contribution in [3.63, 3.8) is 0 Å². The van der Waals surface area contributed by atoms with Gasteiger partial charge < -0.3 is 10.1 Å². The van der Waals surface area contributed by atoms with Gasteiger partial charge in [-0.15, -0.1) is 0 Å². The van der Waals surface area contributed by atoms with E-state index in [-0.39, 0.29) is 17.8 Å². The van der Waals surface area contributed by atoms with Crippen LogP contribution in [0.4, 0.5) is 15.8 Å². The zero-order valence-corrected chi connectivity index (χ0v) is 14.5. The highest BCUT2D eigenvalue weighted by Gasteiger charge is 2.16. The van der Waals surface area contributed by atoms with Crippen LogP contribution < -0.4 is 5.32 Å². The van der Waals surface area contributed by atoms with E-state index in [1.54, 1.807) is 0 Å². The average Bonchev–Trinajstić information content (AvgIpc) is 2.62. The standard InChI is InChI=1S/C18H23FN2O5/c19-15-10-9-14(21(24)25)11-16(15)20-17(22)12-26-18(23)8-4-7-13-5-2-1-3-6-13/h9-11,13H,1-8,12H2,(H,20,22). The molecule has 1 aliphatic carbocycles. The Bertz CT molecular complexity index is 659. The lowest BCUT2D eigenvalue weighted by Gasteiger charge is -2.20. The minimum atomic E-state index is -0.803. The molecule has 1 fully saturated rings. The Hall–Kier alpha value is -2.51. The van der Waals surface area contributed by atoms with Crippen LogP contribution in [0.15, 0.2) is 18.2 Å². The first-order valence-electron chi connectivity index (χ1n) is 8.85. The van der Waals surface area contributed by atoms with E-state index < -0.39 is 29.2 Å². The maximum atomic E-state index is 13.6. The predicted octanol–water partition coefficient (Wildman–Crippen LogP) is 3.97. The molecule has 0 saturated heterocycles. The van der Waals surface area contributed by atoms with Crippen molar-refractivity contribution >= 4 is 23.3 Å². The van der Waals surface area contributed by atoms with Gasteiger partial charge in [-0.25, -0.2) is 4.39 Å². The summed E-state index contributed by atoms with van der Waals surface area (Å²) in [6.45, 7) is -0.551. The molecule has 1 aromatic carbocycles. The van der Waals surface area contributed by atoms with Crippen LogP contribution in [0.2, 0.25) is 0 Å². The van der Waals surface area contributed by atoms with E-state index in [0.29, 0.717) is 5.92 Å². The van der Waals surface area contributed by atoms with E-state index in [0.717, 1.165) is 31.0 Å². The number of nitro groups is 1. The van der Waals surface area contributed by atoms with Crippen molar-refractivity contribution in [1.82, 2.24) is 0 Å². The second-order valence-electron chi connectivity index (χ2n) is 6.53. The van der Waals surface area contributed by atoms with Crippen LogP contribution >= 0.6 is 0 Å².